The van der Waals surface area contributed by atoms with Crippen LogP contribution in [0.3, 0.4) is 0 Å². The Kier molecular flexibility index (Phi) is 6.93. The molecule has 0 aliphatic heterocycles. The van der Waals surface area contributed by atoms with Crippen molar-refractivity contribution in [3.05, 3.63) is 88.5 Å². The van der Waals surface area contributed by atoms with Crippen LogP contribution in [0.2, 0.25) is 0 Å². The summed E-state index contributed by atoms with van der Waals surface area (Å²) < 4.78 is 13.8. The number of nitrogens with one attached hydrogen (secondary N) is 2. The number of benzene rings is 2. The van der Waals surface area contributed by atoms with Gasteiger partial charge in [0.2, 0.25) is 5.91 Å². The highest BCUT2D eigenvalue weighted by Crippen LogP contribution is 2.28. The summed E-state index contributed by atoms with van der Waals surface area (Å²) >= 11 is 1.19. The maximum absolute atomic E-state index is 13.8. The molecule has 2 amide bonds. The number of rotatable bonds is 7. The third-order valence-electron chi connectivity index (χ3n) is 4.11. The van der Waals surface area contributed by atoms with Crippen molar-refractivity contribution in [2.24, 2.45) is 0 Å². The number of carbonyl (C=O) groups is 2. The number of carbonyl (C=O) groups excluding carboxylic acids is 2. The number of nitro benzene ring substituents is 1. The van der Waals surface area contributed by atoms with Crippen molar-refractivity contribution in [3.8, 4) is 0 Å². The Hall–Kier alpha value is -3.79. The molecule has 0 fully saturated rings. The van der Waals surface area contributed by atoms with Crippen LogP contribution in [0.1, 0.15) is 17.4 Å². The lowest BCUT2D eigenvalue weighted by Crippen LogP contribution is -2.24. The van der Waals surface area contributed by atoms with E-state index in [0.29, 0.717) is 4.90 Å². The van der Waals surface area contributed by atoms with E-state index in [9.17, 15) is 24.1 Å². The number of amides is 2. The van der Waals surface area contributed by atoms with Crippen LogP contribution in [-0.2, 0) is 4.79 Å². The lowest BCUT2D eigenvalue weighted by atomic mass is 10.2. The number of pyridine rings is 1. The van der Waals surface area contributed by atoms with Gasteiger partial charge in [0.1, 0.15) is 11.5 Å². The van der Waals surface area contributed by atoms with Crippen molar-refractivity contribution in [1.29, 1.82) is 0 Å². The normalized spacial score (nSPS) is 11.4. The van der Waals surface area contributed by atoms with Crippen molar-refractivity contribution in [2.45, 2.75) is 17.1 Å². The van der Waals surface area contributed by atoms with E-state index in [4.69, 9.17) is 0 Å². The smallest absolute Gasteiger partial charge is 0.274 e. The first-order valence-corrected chi connectivity index (χ1v) is 9.95. The van der Waals surface area contributed by atoms with Gasteiger partial charge in [0.05, 0.1) is 21.5 Å². The Bertz CT molecular complexity index is 1110. The summed E-state index contributed by atoms with van der Waals surface area (Å²) in [6, 6.07) is 14.3. The summed E-state index contributed by atoms with van der Waals surface area (Å²) in [6.07, 6.45) is 1.47. The van der Waals surface area contributed by atoms with Crippen molar-refractivity contribution >= 4 is 40.6 Å². The number of anilines is 2. The standard InChI is InChI=1S/C21H17FN4O4S/c1-13(31-16-8-6-15(7-9-16)26(29)30)20(27)25-19-12-14(22)5-10-17(19)24-21(28)18-4-2-3-11-23-18/h2-13H,1H3,(H,24,28)(H,25,27). The van der Waals surface area contributed by atoms with Crippen molar-refractivity contribution in [3.63, 3.8) is 0 Å². The van der Waals surface area contributed by atoms with E-state index in [1.807, 2.05) is 0 Å². The molecule has 0 bridgehead atoms. The van der Waals surface area contributed by atoms with E-state index in [0.717, 1.165) is 6.07 Å². The largest absolute Gasteiger partial charge is 0.323 e. The third-order valence-corrected chi connectivity index (χ3v) is 5.23. The Morgan fingerprint density at radius 1 is 1.06 bits per heavy atom. The number of non-ortho nitro benzene ring substituents is 1. The first-order valence-electron chi connectivity index (χ1n) is 9.07. The SMILES string of the molecule is CC(Sc1ccc([N+](=O)[O-])cc1)C(=O)Nc1cc(F)ccc1NC(=O)c1ccccn1. The van der Waals surface area contributed by atoms with E-state index in [2.05, 4.69) is 15.6 Å². The summed E-state index contributed by atoms with van der Waals surface area (Å²) in [5.41, 5.74) is 0.448. The molecule has 158 valence electrons. The van der Waals surface area contributed by atoms with Gasteiger partial charge in [-0.05, 0) is 49.4 Å². The lowest BCUT2D eigenvalue weighted by Gasteiger charge is -2.15. The van der Waals surface area contributed by atoms with Gasteiger partial charge in [-0.25, -0.2) is 4.39 Å². The van der Waals surface area contributed by atoms with Gasteiger partial charge >= 0.3 is 0 Å². The van der Waals surface area contributed by atoms with E-state index in [-0.39, 0.29) is 22.8 Å². The molecule has 2 N–H and O–H groups in total. The monoisotopic (exact) mass is 440 g/mol. The highest BCUT2D eigenvalue weighted by Gasteiger charge is 2.18. The Morgan fingerprint density at radius 2 is 1.81 bits per heavy atom. The molecule has 1 unspecified atom stereocenters. The van der Waals surface area contributed by atoms with Crippen molar-refractivity contribution < 1.29 is 18.9 Å². The minimum atomic E-state index is -0.593. The molecule has 3 rings (SSSR count). The molecular weight excluding hydrogens is 423 g/mol. The first-order chi connectivity index (χ1) is 14.8. The van der Waals surface area contributed by atoms with Gasteiger partial charge in [-0.1, -0.05) is 6.07 Å². The zero-order valence-electron chi connectivity index (χ0n) is 16.2. The van der Waals surface area contributed by atoms with E-state index in [1.165, 1.54) is 48.3 Å². The molecule has 0 aliphatic carbocycles. The summed E-state index contributed by atoms with van der Waals surface area (Å²) in [6.45, 7) is 1.65. The predicted octanol–water partition coefficient (Wildman–Crippen LogP) is 4.50. The van der Waals surface area contributed by atoms with E-state index < -0.39 is 27.8 Å². The summed E-state index contributed by atoms with van der Waals surface area (Å²) in [5, 5.41) is 15.4. The Labute approximate surface area is 181 Å². The van der Waals surface area contributed by atoms with Crippen LogP contribution in [0.5, 0.6) is 0 Å². The summed E-state index contributed by atoms with van der Waals surface area (Å²) in [5.74, 6) is -1.51. The van der Waals surface area contributed by atoms with Crippen molar-refractivity contribution in [1.82, 2.24) is 4.98 Å². The van der Waals surface area contributed by atoms with Gasteiger partial charge in [0.15, 0.2) is 0 Å². The van der Waals surface area contributed by atoms with Gasteiger partial charge < -0.3 is 10.6 Å². The molecule has 1 aromatic heterocycles. The average molecular weight is 440 g/mol. The fourth-order valence-electron chi connectivity index (χ4n) is 2.55. The molecule has 2 aromatic carbocycles. The number of thioether (sulfide) groups is 1. The number of hydrogen-bond acceptors (Lipinski definition) is 6. The van der Waals surface area contributed by atoms with Gasteiger partial charge in [-0.15, -0.1) is 11.8 Å². The Morgan fingerprint density at radius 3 is 2.45 bits per heavy atom. The molecule has 0 spiro atoms. The maximum atomic E-state index is 13.8. The number of nitro groups is 1. The maximum Gasteiger partial charge on any atom is 0.274 e. The molecule has 0 saturated heterocycles. The predicted molar refractivity (Wildman–Crippen MR) is 116 cm³/mol. The zero-order chi connectivity index (χ0) is 22.4. The van der Waals surface area contributed by atoms with Gasteiger partial charge in [-0.3, -0.25) is 24.7 Å². The van der Waals surface area contributed by atoms with Gasteiger partial charge in [-0.2, -0.15) is 0 Å². The minimum absolute atomic E-state index is 0.0468. The van der Waals surface area contributed by atoms with Crippen LogP contribution in [0.4, 0.5) is 21.5 Å². The molecule has 0 aliphatic rings. The van der Waals surface area contributed by atoms with Crippen LogP contribution in [0, 0.1) is 15.9 Å². The lowest BCUT2D eigenvalue weighted by molar-refractivity contribution is -0.384. The van der Waals surface area contributed by atoms with Gasteiger partial charge in [0.25, 0.3) is 11.6 Å². The fraction of sp³-hybridized carbons (Fsp3) is 0.0952. The average Bonchev–Trinajstić information content (AvgIpc) is 2.76. The van der Waals surface area contributed by atoms with Crippen molar-refractivity contribution in [2.75, 3.05) is 10.6 Å². The third kappa shape index (κ3) is 5.86. The zero-order valence-corrected chi connectivity index (χ0v) is 17.1. The summed E-state index contributed by atoms with van der Waals surface area (Å²) in [4.78, 5) is 39.8. The van der Waals surface area contributed by atoms with E-state index >= 15 is 0 Å². The highest BCUT2D eigenvalue weighted by atomic mass is 32.2. The second-order valence-electron chi connectivity index (χ2n) is 6.36. The van der Waals surface area contributed by atoms with Crippen LogP contribution in [0.15, 0.2) is 71.8 Å². The molecule has 0 saturated carbocycles. The van der Waals surface area contributed by atoms with Gasteiger partial charge in [0, 0.05) is 23.2 Å². The second kappa shape index (κ2) is 9.81. The Balaban J connectivity index is 1.70. The molecule has 10 heteroatoms. The fourth-order valence-corrected chi connectivity index (χ4v) is 3.42. The molecule has 31 heavy (non-hydrogen) atoms. The second-order valence-corrected chi connectivity index (χ2v) is 7.77. The molecule has 1 atom stereocenters. The number of nitrogens with zero attached hydrogens (tertiary/aromatic N) is 2. The molecular formula is C21H17FN4O4S. The van der Waals surface area contributed by atoms with E-state index in [1.54, 1.807) is 31.2 Å². The van der Waals surface area contributed by atoms with Crippen LogP contribution in [-0.4, -0.2) is 27.0 Å². The van der Waals surface area contributed by atoms with Crippen LogP contribution >= 0.6 is 11.8 Å². The molecule has 8 nitrogen and oxygen atoms in total. The highest BCUT2D eigenvalue weighted by molar-refractivity contribution is 8.00. The number of halogens is 1. The topological polar surface area (TPSA) is 114 Å². The van der Waals surface area contributed by atoms with Crippen LogP contribution in [0.25, 0.3) is 0 Å². The number of hydrogen-bond donors (Lipinski definition) is 2. The van der Waals surface area contributed by atoms with Crippen LogP contribution < -0.4 is 10.6 Å². The number of aromatic nitrogens is 1. The molecule has 0 radical (unpaired) electrons. The molecule has 3 aromatic rings. The molecule has 1 heterocycles. The first kappa shape index (κ1) is 21.9. The summed E-state index contributed by atoms with van der Waals surface area (Å²) in [7, 11) is 0. The quantitative estimate of drug-likeness (QED) is 0.318. The minimum Gasteiger partial charge on any atom is -0.323 e.